The number of hydrogen-bond acceptors (Lipinski definition) is 5. The highest BCUT2D eigenvalue weighted by molar-refractivity contribution is 14.0. The van der Waals surface area contributed by atoms with Crippen LogP contribution in [0.1, 0.15) is 24.6 Å². The zero-order chi connectivity index (χ0) is 18.2. The van der Waals surface area contributed by atoms with Crippen LogP contribution in [0.2, 0.25) is 0 Å². The Morgan fingerprint density at radius 2 is 2.15 bits per heavy atom. The van der Waals surface area contributed by atoms with Crippen molar-refractivity contribution in [2.45, 2.75) is 32.4 Å². The standard InChI is InChI=1S/C19H32N4O2S.HI/c1-2-20-19(21-12-17(24)15-25-14-16-5-6-16)23-9-7-22(8-10-23)13-18-4-3-11-26-18;/h3-4,11,16-17,24H,2,5-10,12-15H2,1H3,(H,20,21);1H. The molecule has 3 rings (SSSR count). The van der Waals surface area contributed by atoms with E-state index in [1.165, 1.54) is 17.7 Å². The fourth-order valence-electron chi connectivity index (χ4n) is 3.07. The van der Waals surface area contributed by atoms with E-state index in [-0.39, 0.29) is 24.0 Å². The lowest BCUT2D eigenvalue weighted by molar-refractivity contribution is 0.0367. The van der Waals surface area contributed by atoms with E-state index in [2.05, 4.69) is 44.5 Å². The largest absolute Gasteiger partial charge is 0.389 e. The zero-order valence-corrected chi connectivity index (χ0v) is 19.3. The minimum absolute atomic E-state index is 0. The van der Waals surface area contributed by atoms with Gasteiger partial charge >= 0.3 is 0 Å². The Hall–Kier alpha value is -0.420. The highest BCUT2D eigenvalue weighted by Crippen LogP contribution is 2.28. The van der Waals surface area contributed by atoms with E-state index < -0.39 is 6.10 Å². The minimum atomic E-state index is -0.525. The molecule has 1 aliphatic heterocycles. The molecule has 1 aromatic heterocycles. The van der Waals surface area contributed by atoms with Gasteiger partial charge in [0, 0.05) is 50.8 Å². The molecule has 1 atom stereocenters. The molecule has 1 unspecified atom stereocenters. The molecule has 2 fully saturated rings. The van der Waals surface area contributed by atoms with Gasteiger partial charge in [-0.15, -0.1) is 35.3 Å². The number of aliphatic imine (C=N–C) groups is 1. The van der Waals surface area contributed by atoms with Crippen LogP contribution in [0.15, 0.2) is 22.5 Å². The number of ether oxygens (including phenoxy) is 1. The maximum Gasteiger partial charge on any atom is 0.194 e. The topological polar surface area (TPSA) is 60.3 Å². The number of aliphatic hydroxyl groups excluding tert-OH is 1. The predicted octanol–water partition coefficient (Wildman–Crippen LogP) is 2.24. The fraction of sp³-hybridized carbons (Fsp3) is 0.737. The normalized spacial score (nSPS) is 19.6. The summed E-state index contributed by atoms with van der Waals surface area (Å²) >= 11 is 1.82. The molecule has 154 valence electrons. The van der Waals surface area contributed by atoms with Gasteiger partial charge in [-0.3, -0.25) is 9.89 Å². The van der Waals surface area contributed by atoms with Crippen LogP contribution in [0, 0.1) is 5.92 Å². The minimum Gasteiger partial charge on any atom is -0.389 e. The molecule has 0 amide bonds. The van der Waals surface area contributed by atoms with Crippen molar-refractivity contribution in [1.29, 1.82) is 0 Å². The number of halogens is 1. The molecule has 2 N–H and O–H groups in total. The summed E-state index contributed by atoms with van der Waals surface area (Å²) in [6, 6.07) is 4.32. The van der Waals surface area contributed by atoms with Crippen LogP contribution >= 0.6 is 35.3 Å². The SMILES string of the molecule is CCNC(=NCC(O)COCC1CC1)N1CCN(Cc2cccs2)CC1.I. The molecule has 0 aromatic carbocycles. The molecule has 1 aromatic rings. The Balaban J connectivity index is 0.00000261. The lowest BCUT2D eigenvalue weighted by Gasteiger charge is -2.36. The van der Waals surface area contributed by atoms with Crippen molar-refractivity contribution in [2.75, 3.05) is 52.5 Å². The third-order valence-electron chi connectivity index (χ3n) is 4.78. The molecule has 2 aliphatic rings. The van der Waals surface area contributed by atoms with Gasteiger partial charge in [0.05, 0.1) is 19.3 Å². The van der Waals surface area contributed by atoms with Crippen LogP contribution in [0.5, 0.6) is 0 Å². The number of aliphatic hydroxyl groups is 1. The molecule has 1 saturated carbocycles. The highest BCUT2D eigenvalue weighted by Gasteiger charge is 2.22. The van der Waals surface area contributed by atoms with Crippen molar-refractivity contribution >= 4 is 41.3 Å². The first-order chi connectivity index (χ1) is 12.7. The Morgan fingerprint density at radius 3 is 2.78 bits per heavy atom. The van der Waals surface area contributed by atoms with Gasteiger partial charge in [0.15, 0.2) is 5.96 Å². The van der Waals surface area contributed by atoms with Crippen LogP contribution in [-0.4, -0.2) is 79.5 Å². The number of piperazine rings is 1. The smallest absolute Gasteiger partial charge is 0.194 e. The first-order valence-corrected chi connectivity index (χ1v) is 10.7. The number of hydrogen-bond donors (Lipinski definition) is 2. The third kappa shape index (κ3) is 8.23. The van der Waals surface area contributed by atoms with Gasteiger partial charge in [0.1, 0.15) is 0 Å². The van der Waals surface area contributed by atoms with E-state index >= 15 is 0 Å². The Labute approximate surface area is 184 Å². The molecule has 0 spiro atoms. The van der Waals surface area contributed by atoms with E-state index in [1.807, 2.05) is 11.3 Å². The summed E-state index contributed by atoms with van der Waals surface area (Å²) in [6.45, 7) is 9.52. The molecule has 2 heterocycles. The van der Waals surface area contributed by atoms with Crippen molar-refractivity contribution in [1.82, 2.24) is 15.1 Å². The van der Waals surface area contributed by atoms with Crippen molar-refractivity contribution in [3.05, 3.63) is 22.4 Å². The van der Waals surface area contributed by atoms with Gasteiger partial charge in [-0.2, -0.15) is 0 Å². The van der Waals surface area contributed by atoms with Crippen LogP contribution in [0.4, 0.5) is 0 Å². The number of guanidine groups is 1. The van der Waals surface area contributed by atoms with Crippen LogP contribution in [0.25, 0.3) is 0 Å². The Kier molecular flexibility index (Phi) is 10.3. The molecule has 0 bridgehead atoms. The summed E-state index contributed by atoms with van der Waals surface area (Å²) in [7, 11) is 0. The predicted molar refractivity (Wildman–Crippen MR) is 122 cm³/mol. The maximum atomic E-state index is 10.1. The summed E-state index contributed by atoms with van der Waals surface area (Å²) in [5, 5.41) is 15.6. The Morgan fingerprint density at radius 1 is 1.37 bits per heavy atom. The molecule has 0 radical (unpaired) electrons. The average Bonchev–Trinajstić information content (AvgIpc) is 3.33. The second kappa shape index (κ2) is 12.2. The first-order valence-electron chi connectivity index (χ1n) is 9.78. The summed E-state index contributed by atoms with van der Waals surface area (Å²) in [5.41, 5.74) is 0. The molecule has 27 heavy (non-hydrogen) atoms. The van der Waals surface area contributed by atoms with Crippen LogP contribution in [-0.2, 0) is 11.3 Å². The first kappa shape index (κ1) is 22.9. The lowest BCUT2D eigenvalue weighted by atomic mass is 10.3. The lowest BCUT2D eigenvalue weighted by Crippen LogP contribution is -2.52. The van der Waals surface area contributed by atoms with E-state index in [0.29, 0.717) is 13.2 Å². The van der Waals surface area contributed by atoms with Crippen LogP contribution < -0.4 is 5.32 Å². The van der Waals surface area contributed by atoms with Gasteiger partial charge in [0.25, 0.3) is 0 Å². The van der Waals surface area contributed by atoms with Gasteiger partial charge in [-0.1, -0.05) is 6.07 Å². The van der Waals surface area contributed by atoms with Crippen molar-refractivity contribution in [2.24, 2.45) is 10.9 Å². The van der Waals surface area contributed by atoms with Crippen molar-refractivity contribution < 1.29 is 9.84 Å². The third-order valence-corrected chi connectivity index (χ3v) is 5.64. The highest BCUT2D eigenvalue weighted by atomic mass is 127. The van der Waals surface area contributed by atoms with Crippen molar-refractivity contribution in [3.8, 4) is 0 Å². The maximum absolute atomic E-state index is 10.1. The van der Waals surface area contributed by atoms with E-state index in [0.717, 1.165) is 57.8 Å². The average molecular weight is 508 g/mol. The fourth-order valence-corrected chi connectivity index (χ4v) is 3.81. The molecule has 1 aliphatic carbocycles. The number of nitrogens with one attached hydrogen (secondary N) is 1. The summed E-state index contributed by atoms with van der Waals surface area (Å²) in [6.07, 6.45) is 2.02. The van der Waals surface area contributed by atoms with Gasteiger partial charge in [0.2, 0.25) is 0 Å². The monoisotopic (exact) mass is 508 g/mol. The molecule has 8 heteroatoms. The van der Waals surface area contributed by atoms with E-state index in [4.69, 9.17) is 4.74 Å². The summed E-state index contributed by atoms with van der Waals surface area (Å²) in [5.74, 6) is 1.64. The van der Waals surface area contributed by atoms with Gasteiger partial charge < -0.3 is 20.1 Å². The Bertz CT molecular complexity index is 546. The van der Waals surface area contributed by atoms with Gasteiger partial charge in [-0.25, -0.2) is 0 Å². The number of rotatable bonds is 9. The number of thiophene rings is 1. The molecular formula is C19H33IN4O2S. The summed E-state index contributed by atoms with van der Waals surface area (Å²) in [4.78, 5) is 10.9. The molecular weight excluding hydrogens is 475 g/mol. The second-order valence-corrected chi connectivity index (χ2v) is 8.20. The molecule has 1 saturated heterocycles. The van der Waals surface area contributed by atoms with Gasteiger partial charge in [-0.05, 0) is 37.1 Å². The zero-order valence-electron chi connectivity index (χ0n) is 16.2. The van der Waals surface area contributed by atoms with E-state index in [9.17, 15) is 5.11 Å². The van der Waals surface area contributed by atoms with Crippen LogP contribution in [0.3, 0.4) is 0 Å². The number of nitrogens with zero attached hydrogens (tertiary/aromatic N) is 3. The van der Waals surface area contributed by atoms with E-state index in [1.54, 1.807) is 0 Å². The quantitative estimate of drug-likeness (QED) is 0.305. The molecule has 6 nitrogen and oxygen atoms in total. The van der Waals surface area contributed by atoms with Crippen molar-refractivity contribution in [3.63, 3.8) is 0 Å². The summed E-state index contributed by atoms with van der Waals surface area (Å²) < 4.78 is 5.56. The second-order valence-electron chi connectivity index (χ2n) is 7.17.